The van der Waals surface area contributed by atoms with E-state index in [0.29, 0.717) is 124 Å². The van der Waals surface area contributed by atoms with E-state index >= 15 is 0 Å². The number of benzene rings is 1. The number of pyridine rings is 2. The number of carbonyl (C=O) groups excluding carboxylic acids is 1. The summed E-state index contributed by atoms with van der Waals surface area (Å²) in [6, 6.07) is 15.6. The Hall–Kier alpha value is -4.62. The Labute approximate surface area is 351 Å². The number of ether oxygens (including phenoxy) is 8. The summed E-state index contributed by atoms with van der Waals surface area (Å²) in [5, 5.41) is 7.07. The van der Waals surface area contributed by atoms with Gasteiger partial charge in [-0.3, -0.25) is 14.8 Å². The minimum Gasteiger partial charge on any atom is -0.378 e. The number of nitrogens with two attached hydrogens (primary N) is 1. The molecule has 16 heteroatoms. The highest BCUT2D eigenvalue weighted by Gasteiger charge is 2.20. The molecular weight excluding hydrogens is 773 g/mol. The molecule has 0 aliphatic carbocycles. The lowest BCUT2D eigenvalue weighted by Crippen LogP contribution is -2.27. The molecule has 16 nitrogen and oxygen atoms in total. The maximum absolute atomic E-state index is 12.9. The molecule has 5 rings (SSSR count). The number of carbonyl (C=O) groups is 1. The van der Waals surface area contributed by atoms with E-state index in [2.05, 4.69) is 39.2 Å². The number of rotatable bonds is 31. The summed E-state index contributed by atoms with van der Waals surface area (Å²) in [6.07, 6.45) is 5.77. The summed E-state index contributed by atoms with van der Waals surface area (Å²) >= 11 is 0. The molecule has 1 amide bonds. The van der Waals surface area contributed by atoms with Crippen LogP contribution in [0.25, 0.3) is 33.3 Å². The van der Waals surface area contributed by atoms with Crippen LogP contribution in [0.2, 0.25) is 0 Å². The fourth-order valence-corrected chi connectivity index (χ4v) is 6.32. The molecule has 4 heterocycles. The maximum Gasteiger partial charge on any atom is 0.251 e. The van der Waals surface area contributed by atoms with Crippen molar-refractivity contribution in [2.75, 3.05) is 119 Å². The summed E-state index contributed by atoms with van der Waals surface area (Å²) in [5.74, 6) is 0.570. The van der Waals surface area contributed by atoms with Crippen LogP contribution in [0.3, 0.4) is 0 Å². The van der Waals surface area contributed by atoms with E-state index in [0.717, 1.165) is 50.4 Å². The standard InChI is InChI=1S/C44H60N6O10/c1-33-42(35(3)60-49-33)38-30-41-43(48-31-38)39(32-50(41)34(2)40-6-4-5-12-46-40)36-7-9-37(10-8-36)44(51)47-13-15-53-17-19-55-21-23-57-25-27-59-29-28-58-26-24-56-22-20-54-18-16-52-14-11-45/h4-10,12,30-32,34H,11,13-29,45H2,1-3H3,(H,47,51)/t34-/m0/s1. The Morgan fingerprint density at radius 3 is 1.77 bits per heavy atom. The monoisotopic (exact) mass is 832 g/mol. The first-order valence-corrected chi connectivity index (χ1v) is 20.5. The molecule has 0 radical (unpaired) electrons. The highest BCUT2D eigenvalue weighted by atomic mass is 16.6. The molecule has 0 saturated carbocycles. The van der Waals surface area contributed by atoms with Gasteiger partial charge in [-0.25, -0.2) is 0 Å². The number of hydrogen-bond acceptors (Lipinski definition) is 14. The number of hydrogen-bond donors (Lipinski definition) is 2. The normalized spacial score (nSPS) is 12.1. The van der Waals surface area contributed by atoms with E-state index in [1.54, 1.807) is 6.20 Å². The minimum absolute atomic E-state index is 0.0565. The number of aromatic nitrogens is 4. The highest BCUT2D eigenvalue weighted by molar-refractivity contribution is 5.97. The van der Waals surface area contributed by atoms with Gasteiger partial charge in [-0.15, -0.1) is 0 Å². The van der Waals surface area contributed by atoms with Gasteiger partial charge in [0.1, 0.15) is 5.76 Å². The van der Waals surface area contributed by atoms with Gasteiger partial charge in [-0.2, -0.15) is 0 Å². The summed E-state index contributed by atoms with van der Waals surface area (Å²) in [5.41, 5.74) is 13.2. The van der Waals surface area contributed by atoms with E-state index in [1.165, 1.54) is 0 Å². The van der Waals surface area contributed by atoms with Gasteiger partial charge in [-0.1, -0.05) is 23.4 Å². The van der Waals surface area contributed by atoms with E-state index in [9.17, 15) is 4.79 Å². The zero-order chi connectivity index (χ0) is 42.2. The molecule has 0 bridgehead atoms. The van der Waals surface area contributed by atoms with Gasteiger partial charge in [0.2, 0.25) is 0 Å². The summed E-state index contributed by atoms with van der Waals surface area (Å²) < 4.78 is 51.4. The predicted molar refractivity (Wildman–Crippen MR) is 226 cm³/mol. The van der Waals surface area contributed by atoms with Gasteiger partial charge in [0.15, 0.2) is 0 Å². The summed E-state index contributed by atoms with van der Waals surface area (Å²) in [7, 11) is 0. The second-order valence-corrected chi connectivity index (χ2v) is 13.7. The van der Waals surface area contributed by atoms with Crippen LogP contribution in [0.1, 0.15) is 40.5 Å². The van der Waals surface area contributed by atoms with Crippen LogP contribution in [-0.2, 0) is 37.9 Å². The lowest BCUT2D eigenvalue weighted by molar-refractivity contribution is -0.0228. The molecule has 1 aromatic carbocycles. The van der Waals surface area contributed by atoms with Crippen LogP contribution in [0.15, 0.2) is 71.6 Å². The fraction of sp³-hybridized carbons (Fsp3) is 0.500. The average Bonchev–Trinajstić information content (AvgIpc) is 3.82. The van der Waals surface area contributed by atoms with Crippen LogP contribution in [0.5, 0.6) is 0 Å². The molecular formula is C44H60N6O10. The molecule has 60 heavy (non-hydrogen) atoms. The Kier molecular flexibility index (Phi) is 20.6. The third kappa shape index (κ3) is 14.8. The quantitative estimate of drug-likeness (QED) is 0.0581. The summed E-state index contributed by atoms with van der Waals surface area (Å²) in [4.78, 5) is 22.5. The highest BCUT2D eigenvalue weighted by Crippen LogP contribution is 2.36. The van der Waals surface area contributed by atoms with E-state index < -0.39 is 0 Å². The smallest absolute Gasteiger partial charge is 0.251 e. The van der Waals surface area contributed by atoms with Crippen molar-refractivity contribution in [1.29, 1.82) is 0 Å². The second kappa shape index (κ2) is 26.6. The Balaban J connectivity index is 0.920. The van der Waals surface area contributed by atoms with E-state index in [4.69, 9.17) is 53.1 Å². The van der Waals surface area contributed by atoms with Crippen LogP contribution in [-0.4, -0.2) is 144 Å². The molecule has 0 fully saturated rings. The van der Waals surface area contributed by atoms with Gasteiger partial charge < -0.3 is 58.0 Å². The molecule has 0 aliphatic rings. The number of amides is 1. The molecule has 326 valence electrons. The predicted octanol–water partition coefficient (Wildman–Crippen LogP) is 4.80. The van der Waals surface area contributed by atoms with Crippen molar-refractivity contribution in [3.05, 3.63) is 89.8 Å². The first-order valence-electron chi connectivity index (χ1n) is 20.5. The van der Waals surface area contributed by atoms with Crippen molar-refractivity contribution in [3.63, 3.8) is 0 Å². The molecule has 4 aromatic heterocycles. The Morgan fingerprint density at radius 1 is 0.717 bits per heavy atom. The molecule has 0 aliphatic heterocycles. The van der Waals surface area contributed by atoms with Crippen molar-refractivity contribution in [2.45, 2.75) is 26.8 Å². The van der Waals surface area contributed by atoms with Crippen molar-refractivity contribution < 1.29 is 47.2 Å². The minimum atomic E-state index is -0.174. The maximum atomic E-state index is 12.9. The van der Waals surface area contributed by atoms with Gasteiger partial charge >= 0.3 is 0 Å². The molecule has 3 N–H and O–H groups in total. The lowest BCUT2D eigenvalue weighted by atomic mass is 10.0. The number of nitrogens with zero attached hydrogens (tertiary/aromatic N) is 4. The third-order valence-electron chi connectivity index (χ3n) is 9.38. The van der Waals surface area contributed by atoms with Crippen molar-refractivity contribution in [3.8, 4) is 22.3 Å². The van der Waals surface area contributed by atoms with Crippen LogP contribution >= 0.6 is 0 Å². The fourth-order valence-electron chi connectivity index (χ4n) is 6.32. The van der Waals surface area contributed by atoms with Crippen molar-refractivity contribution in [1.82, 2.24) is 25.0 Å². The number of aryl methyl sites for hydroxylation is 2. The molecule has 0 unspecified atom stereocenters. The topological polar surface area (TPSA) is 186 Å². The largest absolute Gasteiger partial charge is 0.378 e. The number of fused-ring (bicyclic) bond motifs is 1. The Bertz CT molecular complexity index is 1940. The van der Waals surface area contributed by atoms with Crippen LogP contribution in [0, 0.1) is 13.8 Å². The first kappa shape index (κ1) is 46.4. The lowest BCUT2D eigenvalue weighted by Gasteiger charge is -2.15. The zero-order valence-corrected chi connectivity index (χ0v) is 35.1. The van der Waals surface area contributed by atoms with Gasteiger partial charge in [0.25, 0.3) is 5.91 Å². The summed E-state index contributed by atoms with van der Waals surface area (Å²) in [6.45, 7) is 14.6. The zero-order valence-electron chi connectivity index (χ0n) is 35.1. The Morgan fingerprint density at radius 2 is 1.27 bits per heavy atom. The van der Waals surface area contributed by atoms with Crippen LogP contribution < -0.4 is 11.1 Å². The third-order valence-corrected chi connectivity index (χ3v) is 9.38. The first-order chi connectivity index (χ1) is 29.5. The molecule has 0 spiro atoms. The van der Waals surface area contributed by atoms with Crippen molar-refractivity contribution in [2.24, 2.45) is 5.73 Å². The molecule has 1 atom stereocenters. The molecule has 5 aromatic rings. The van der Waals surface area contributed by atoms with Crippen molar-refractivity contribution >= 4 is 16.9 Å². The van der Waals surface area contributed by atoms with Gasteiger partial charge in [0.05, 0.1) is 134 Å². The molecule has 0 saturated heterocycles. The second-order valence-electron chi connectivity index (χ2n) is 13.7. The van der Waals surface area contributed by atoms with Crippen LogP contribution in [0.4, 0.5) is 0 Å². The SMILES string of the molecule is Cc1noc(C)c1-c1cnc2c(-c3ccc(C(=O)NCCOCCOCCOCCOCCOCCOCCOCCOCCN)cc3)cn([C@@H](C)c3ccccn3)c2c1. The van der Waals surface area contributed by atoms with Gasteiger partial charge in [-0.05, 0) is 56.7 Å². The van der Waals surface area contributed by atoms with E-state index in [-0.39, 0.29) is 11.9 Å². The van der Waals surface area contributed by atoms with Gasteiger partial charge in [0, 0.05) is 53.9 Å². The number of nitrogens with one attached hydrogen (secondary N) is 1. The van der Waals surface area contributed by atoms with E-state index in [1.807, 2.05) is 62.5 Å². The average molecular weight is 833 g/mol.